The van der Waals surface area contributed by atoms with Crippen LogP contribution >= 0.6 is 0 Å². The molecular formula is C13H18NO. The number of nitrogens with zero attached hydrogens (tertiary/aromatic N) is 1. The summed E-state index contributed by atoms with van der Waals surface area (Å²) >= 11 is 0. The van der Waals surface area contributed by atoms with Crippen molar-refractivity contribution in [3.05, 3.63) is 36.8 Å². The Labute approximate surface area is 91.5 Å². The molecule has 1 fully saturated rings. The van der Waals surface area contributed by atoms with Gasteiger partial charge in [-0.3, -0.25) is 4.90 Å². The summed E-state index contributed by atoms with van der Waals surface area (Å²) in [5.41, 5.74) is 1.19. The average Bonchev–Trinajstić information content (AvgIpc) is 2.22. The first-order valence-electron chi connectivity index (χ1n) is 5.57. The standard InChI is InChI=1S/C13H18NO/c1-11-5-7-14(8-6-11)10-12-3-2-4-13(15)9-12/h2-4,9,11,15H,1,5-8,10H2. The topological polar surface area (TPSA) is 23.5 Å². The highest BCUT2D eigenvalue weighted by Crippen LogP contribution is 2.19. The highest BCUT2D eigenvalue weighted by Gasteiger charge is 2.15. The first-order chi connectivity index (χ1) is 7.24. The maximum atomic E-state index is 9.36. The van der Waals surface area contributed by atoms with Gasteiger partial charge in [-0.2, -0.15) is 0 Å². The third kappa shape index (κ3) is 2.96. The third-order valence-electron chi connectivity index (χ3n) is 3.02. The molecule has 0 bridgehead atoms. The lowest BCUT2D eigenvalue weighted by Crippen LogP contribution is -2.32. The summed E-state index contributed by atoms with van der Waals surface area (Å²) < 4.78 is 0. The van der Waals surface area contributed by atoms with Gasteiger partial charge in [0.05, 0.1) is 0 Å². The molecule has 0 saturated carbocycles. The summed E-state index contributed by atoms with van der Waals surface area (Å²) in [6, 6.07) is 7.52. The second-order valence-corrected chi connectivity index (χ2v) is 4.39. The predicted octanol–water partition coefficient (Wildman–Crippen LogP) is 2.44. The van der Waals surface area contributed by atoms with Crippen LogP contribution in [-0.2, 0) is 6.54 Å². The van der Waals surface area contributed by atoms with Gasteiger partial charge in [-0.05, 0) is 49.5 Å². The number of phenols is 1. The van der Waals surface area contributed by atoms with Crippen molar-refractivity contribution in [3.63, 3.8) is 0 Å². The lowest BCUT2D eigenvalue weighted by Gasteiger charge is -2.30. The zero-order valence-corrected chi connectivity index (χ0v) is 9.02. The molecule has 1 aliphatic heterocycles. The van der Waals surface area contributed by atoms with Crippen molar-refractivity contribution in [1.29, 1.82) is 0 Å². The molecule has 1 aliphatic rings. The summed E-state index contributed by atoms with van der Waals surface area (Å²) in [6.45, 7) is 7.29. The molecule has 15 heavy (non-hydrogen) atoms. The van der Waals surface area contributed by atoms with Crippen LogP contribution < -0.4 is 0 Å². The average molecular weight is 204 g/mol. The number of piperidine rings is 1. The molecule has 1 heterocycles. The predicted molar refractivity (Wildman–Crippen MR) is 61.5 cm³/mol. The van der Waals surface area contributed by atoms with Crippen molar-refractivity contribution >= 4 is 0 Å². The number of likely N-dealkylation sites (tertiary alicyclic amines) is 1. The molecule has 2 rings (SSSR count). The molecule has 1 N–H and O–H groups in total. The zero-order chi connectivity index (χ0) is 10.7. The van der Waals surface area contributed by atoms with Gasteiger partial charge in [-0.25, -0.2) is 0 Å². The van der Waals surface area contributed by atoms with Gasteiger partial charge in [0, 0.05) is 6.54 Å². The van der Waals surface area contributed by atoms with Gasteiger partial charge in [-0.15, -0.1) is 0 Å². The molecular weight excluding hydrogens is 186 g/mol. The van der Waals surface area contributed by atoms with Crippen LogP contribution in [0.25, 0.3) is 0 Å². The minimum absolute atomic E-state index is 0.361. The minimum Gasteiger partial charge on any atom is -0.508 e. The molecule has 0 atom stereocenters. The molecule has 0 aliphatic carbocycles. The van der Waals surface area contributed by atoms with Crippen LogP contribution in [0.5, 0.6) is 5.75 Å². The van der Waals surface area contributed by atoms with Crippen LogP contribution in [0.3, 0.4) is 0 Å². The molecule has 1 saturated heterocycles. The van der Waals surface area contributed by atoms with E-state index in [0.717, 1.165) is 19.6 Å². The molecule has 81 valence electrons. The van der Waals surface area contributed by atoms with E-state index < -0.39 is 0 Å². The molecule has 0 spiro atoms. The molecule has 0 aromatic heterocycles. The van der Waals surface area contributed by atoms with Gasteiger partial charge in [0.2, 0.25) is 0 Å². The molecule has 2 heteroatoms. The quantitative estimate of drug-likeness (QED) is 0.799. The summed E-state index contributed by atoms with van der Waals surface area (Å²) in [7, 11) is 0. The van der Waals surface area contributed by atoms with E-state index in [4.69, 9.17) is 0 Å². The van der Waals surface area contributed by atoms with E-state index in [1.807, 2.05) is 12.1 Å². The summed E-state index contributed by atoms with van der Waals surface area (Å²) in [4.78, 5) is 2.43. The smallest absolute Gasteiger partial charge is 0.115 e. The zero-order valence-electron chi connectivity index (χ0n) is 9.02. The molecule has 0 unspecified atom stereocenters. The number of rotatable bonds is 2. The van der Waals surface area contributed by atoms with E-state index in [0.29, 0.717) is 11.7 Å². The van der Waals surface area contributed by atoms with Crippen LogP contribution in [0.4, 0.5) is 0 Å². The molecule has 1 aromatic carbocycles. The summed E-state index contributed by atoms with van der Waals surface area (Å²) in [5, 5.41) is 9.36. The van der Waals surface area contributed by atoms with Crippen LogP contribution in [0.15, 0.2) is 24.3 Å². The van der Waals surface area contributed by atoms with Crippen molar-refractivity contribution in [3.8, 4) is 5.75 Å². The monoisotopic (exact) mass is 204 g/mol. The van der Waals surface area contributed by atoms with Crippen LogP contribution in [0.2, 0.25) is 0 Å². The number of hydrogen-bond donors (Lipinski definition) is 1. The van der Waals surface area contributed by atoms with E-state index in [1.165, 1.54) is 18.4 Å². The molecule has 1 aromatic rings. The maximum absolute atomic E-state index is 9.36. The van der Waals surface area contributed by atoms with Crippen molar-refractivity contribution in [2.75, 3.05) is 13.1 Å². The SMILES string of the molecule is [CH2]C1CCN(Cc2cccc(O)c2)CC1. The second-order valence-electron chi connectivity index (χ2n) is 4.39. The summed E-state index contributed by atoms with van der Waals surface area (Å²) in [5.74, 6) is 0.991. The van der Waals surface area contributed by atoms with Crippen LogP contribution in [-0.4, -0.2) is 23.1 Å². The van der Waals surface area contributed by atoms with Crippen molar-refractivity contribution in [2.45, 2.75) is 19.4 Å². The Kier molecular flexibility index (Phi) is 3.27. The number of benzene rings is 1. The van der Waals surface area contributed by atoms with E-state index >= 15 is 0 Å². The first kappa shape index (κ1) is 10.5. The van der Waals surface area contributed by atoms with Gasteiger partial charge in [0.15, 0.2) is 0 Å². The fraction of sp³-hybridized carbons (Fsp3) is 0.462. The van der Waals surface area contributed by atoms with Gasteiger partial charge >= 0.3 is 0 Å². The molecule has 1 radical (unpaired) electrons. The largest absolute Gasteiger partial charge is 0.508 e. The third-order valence-corrected chi connectivity index (χ3v) is 3.02. The maximum Gasteiger partial charge on any atom is 0.115 e. The Morgan fingerprint density at radius 3 is 2.73 bits per heavy atom. The lowest BCUT2D eigenvalue weighted by molar-refractivity contribution is 0.194. The van der Waals surface area contributed by atoms with E-state index in [-0.39, 0.29) is 0 Å². The Balaban J connectivity index is 1.92. The highest BCUT2D eigenvalue weighted by molar-refractivity contribution is 5.26. The van der Waals surface area contributed by atoms with Crippen molar-refractivity contribution < 1.29 is 5.11 Å². The Hall–Kier alpha value is -1.02. The van der Waals surface area contributed by atoms with Gasteiger partial charge in [0.25, 0.3) is 0 Å². The number of hydrogen-bond acceptors (Lipinski definition) is 2. The second kappa shape index (κ2) is 4.67. The fourth-order valence-corrected chi connectivity index (χ4v) is 2.06. The lowest BCUT2D eigenvalue weighted by atomic mass is 9.99. The normalized spacial score (nSPS) is 19.3. The van der Waals surface area contributed by atoms with Gasteiger partial charge in [-0.1, -0.05) is 19.1 Å². The van der Waals surface area contributed by atoms with Crippen LogP contribution in [0, 0.1) is 12.8 Å². The Bertz CT molecular complexity index is 316. The van der Waals surface area contributed by atoms with Crippen molar-refractivity contribution in [1.82, 2.24) is 4.90 Å². The minimum atomic E-state index is 0.361. The first-order valence-corrected chi connectivity index (χ1v) is 5.57. The molecule has 0 amide bonds. The van der Waals surface area contributed by atoms with E-state index in [2.05, 4.69) is 17.9 Å². The Morgan fingerprint density at radius 2 is 2.07 bits per heavy atom. The van der Waals surface area contributed by atoms with Gasteiger partial charge < -0.3 is 5.11 Å². The number of aromatic hydroxyl groups is 1. The molecule has 2 nitrogen and oxygen atoms in total. The summed E-state index contributed by atoms with van der Waals surface area (Å²) in [6.07, 6.45) is 2.39. The van der Waals surface area contributed by atoms with Crippen molar-refractivity contribution in [2.24, 2.45) is 5.92 Å². The Morgan fingerprint density at radius 1 is 1.33 bits per heavy atom. The number of phenolic OH excluding ortho intramolecular Hbond substituents is 1. The fourth-order valence-electron chi connectivity index (χ4n) is 2.06. The van der Waals surface area contributed by atoms with Gasteiger partial charge in [0.1, 0.15) is 5.75 Å². The van der Waals surface area contributed by atoms with E-state index in [9.17, 15) is 5.11 Å². The van der Waals surface area contributed by atoms with Crippen LogP contribution in [0.1, 0.15) is 18.4 Å². The highest BCUT2D eigenvalue weighted by atomic mass is 16.3. The van der Waals surface area contributed by atoms with E-state index in [1.54, 1.807) is 6.07 Å².